The maximum atomic E-state index is 14.3. The molecule has 0 aliphatic carbocycles. The van der Waals surface area contributed by atoms with Gasteiger partial charge in [0.2, 0.25) is 5.91 Å². The maximum Gasteiger partial charge on any atom is 0.254 e. The molecule has 0 saturated heterocycles. The van der Waals surface area contributed by atoms with Crippen molar-refractivity contribution >= 4 is 28.8 Å². The van der Waals surface area contributed by atoms with Crippen molar-refractivity contribution in [2.75, 3.05) is 18.0 Å². The molecule has 1 aromatic heterocycles. The molecule has 0 bridgehead atoms. The first-order valence-corrected chi connectivity index (χ1v) is 12.3. The van der Waals surface area contributed by atoms with Crippen molar-refractivity contribution in [1.29, 1.82) is 0 Å². The SMILES string of the molecule is CC(C)CN1C(=O)c2ccccc2[C@@H](C(=O)N2CCCc3ccccc32)[C@H]1c1cccs1. The number of benzene rings is 2. The lowest BCUT2D eigenvalue weighted by molar-refractivity contribution is -0.121. The molecule has 5 rings (SSSR count). The van der Waals surface area contributed by atoms with Crippen LogP contribution < -0.4 is 4.90 Å². The standard InChI is InChI=1S/C27H28N2O2S/c1-18(2)17-29-25(23-14-8-16-32-23)24(20-11-4-5-12-21(20)26(29)30)27(31)28-15-7-10-19-9-3-6-13-22(19)28/h3-6,8-9,11-14,16,18,24-25H,7,10,15,17H2,1-2H3/t24-,25-/m1/s1. The Morgan fingerprint density at radius 2 is 1.84 bits per heavy atom. The highest BCUT2D eigenvalue weighted by molar-refractivity contribution is 7.10. The van der Waals surface area contributed by atoms with Gasteiger partial charge in [-0.15, -0.1) is 11.3 Å². The molecular formula is C27H28N2O2S. The van der Waals surface area contributed by atoms with E-state index in [2.05, 4.69) is 32.0 Å². The van der Waals surface area contributed by atoms with Crippen LogP contribution in [0.4, 0.5) is 5.69 Å². The number of para-hydroxylation sites is 1. The lowest BCUT2D eigenvalue weighted by Gasteiger charge is -2.44. The maximum absolute atomic E-state index is 14.3. The summed E-state index contributed by atoms with van der Waals surface area (Å²) in [5, 5.41) is 2.03. The normalized spacial score (nSPS) is 20.3. The number of anilines is 1. The van der Waals surface area contributed by atoms with Crippen LogP contribution in [0.25, 0.3) is 0 Å². The molecule has 2 amide bonds. The van der Waals surface area contributed by atoms with Crippen molar-refractivity contribution in [2.24, 2.45) is 5.92 Å². The summed E-state index contributed by atoms with van der Waals surface area (Å²) in [4.78, 5) is 32.9. The van der Waals surface area contributed by atoms with Crippen LogP contribution in [-0.2, 0) is 11.2 Å². The number of nitrogens with zero attached hydrogens (tertiary/aromatic N) is 2. The summed E-state index contributed by atoms with van der Waals surface area (Å²) in [6.07, 6.45) is 1.95. The predicted octanol–water partition coefficient (Wildman–Crippen LogP) is 5.66. The van der Waals surface area contributed by atoms with Gasteiger partial charge in [0.05, 0.1) is 12.0 Å². The number of aryl methyl sites for hydroxylation is 1. The third-order valence-corrected chi connectivity index (χ3v) is 7.42. The molecule has 164 valence electrons. The molecule has 0 N–H and O–H groups in total. The number of hydrogen-bond donors (Lipinski definition) is 0. The fourth-order valence-corrected chi connectivity index (χ4v) is 6.03. The average Bonchev–Trinajstić information content (AvgIpc) is 3.34. The van der Waals surface area contributed by atoms with Crippen molar-refractivity contribution in [1.82, 2.24) is 4.90 Å². The van der Waals surface area contributed by atoms with E-state index in [1.807, 2.05) is 57.6 Å². The molecule has 0 saturated carbocycles. The van der Waals surface area contributed by atoms with E-state index >= 15 is 0 Å². The number of carbonyl (C=O) groups excluding carboxylic acids is 2. The highest BCUT2D eigenvalue weighted by Gasteiger charge is 2.46. The molecule has 2 aliphatic heterocycles. The van der Waals surface area contributed by atoms with Crippen molar-refractivity contribution < 1.29 is 9.59 Å². The first-order valence-electron chi connectivity index (χ1n) is 11.4. The van der Waals surface area contributed by atoms with E-state index in [0.717, 1.165) is 29.0 Å². The Balaban J connectivity index is 1.66. The summed E-state index contributed by atoms with van der Waals surface area (Å²) >= 11 is 1.63. The summed E-state index contributed by atoms with van der Waals surface area (Å²) in [6, 6.07) is 19.7. The van der Waals surface area contributed by atoms with Gasteiger partial charge in [0.1, 0.15) is 0 Å². The van der Waals surface area contributed by atoms with Crippen LogP contribution in [0, 0.1) is 5.92 Å². The number of amides is 2. The zero-order chi connectivity index (χ0) is 22.2. The molecule has 32 heavy (non-hydrogen) atoms. The van der Waals surface area contributed by atoms with Crippen LogP contribution in [0.15, 0.2) is 66.0 Å². The third kappa shape index (κ3) is 3.55. The second kappa shape index (κ2) is 8.55. The van der Waals surface area contributed by atoms with E-state index in [-0.39, 0.29) is 17.9 Å². The Labute approximate surface area is 193 Å². The van der Waals surface area contributed by atoms with Gasteiger partial charge in [-0.1, -0.05) is 56.3 Å². The van der Waals surface area contributed by atoms with Gasteiger partial charge in [-0.25, -0.2) is 0 Å². The van der Waals surface area contributed by atoms with Gasteiger partial charge in [-0.2, -0.15) is 0 Å². The molecule has 4 nitrogen and oxygen atoms in total. The molecule has 3 aromatic rings. The summed E-state index contributed by atoms with van der Waals surface area (Å²) in [5.74, 6) is -0.00866. The van der Waals surface area contributed by atoms with Crippen LogP contribution >= 0.6 is 11.3 Å². The second-order valence-electron chi connectivity index (χ2n) is 9.10. The van der Waals surface area contributed by atoms with Crippen LogP contribution in [-0.4, -0.2) is 29.8 Å². The monoisotopic (exact) mass is 444 g/mol. The van der Waals surface area contributed by atoms with Gasteiger partial charge in [-0.05, 0) is 53.5 Å². The molecule has 3 heterocycles. The Morgan fingerprint density at radius 3 is 2.62 bits per heavy atom. The molecule has 0 radical (unpaired) electrons. The van der Waals surface area contributed by atoms with Crippen LogP contribution in [0.1, 0.15) is 58.6 Å². The van der Waals surface area contributed by atoms with Crippen molar-refractivity contribution in [3.05, 3.63) is 87.6 Å². The Bertz CT molecular complexity index is 1140. The summed E-state index contributed by atoms with van der Waals surface area (Å²) in [7, 11) is 0. The van der Waals surface area contributed by atoms with Gasteiger partial charge < -0.3 is 9.80 Å². The summed E-state index contributed by atoms with van der Waals surface area (Å²) in [6.45, 7) is 5.58. The number of thiophene rings is 1. The number of hydrogen-bond acceptors (Lipinski definition) is 3. The second-order valence-corrected chi connectivity index (χ2v) is 10.1. The van der Waals surface area contributed by atoms with Gasteiger partial charge in [0, 0.05) is 29.2 Å². The topological polar surface area (TPSA) is 40.6 Å². The van der Waals surface area contributed by atoms with Gasteiger partial charge in [0.25, 0.3) is 5.91 Å². The first kappa shape index (κ1) is 21.0. The number of fused-ring (bicyclic) bond motifs is 2. The summed E-state index contributed by atoms with van der Waals surface area (Å²) < 4.78 is 0. The molecule has 2 atom stereocenters. The van der Waals surface area contributed by atoms with E-state index in [4.69, 9.17) is 0 Å². The molecule has 0 unspecified atom stereocenters. The van der Waals surface area contributed by atoms with Gasteiger partial charge >= 0.3 is 0 Å². The molecule has 2 aliphatic rings. The largest absolute Gasteiger partial charge is 0.329 e. The van der Waals surface area contributed by atoms with Crippen LogP contribution in [0.3, 0.4) is 0 Å². The quantitative estimate of drug-likeness (QED) is 0.521. The Kier molecular flexibility index (Phi) is 5.60. The highest BCUT2D eigenvalue weighted by atomic mass is 32.1. The fourth-order valence-electron chi connectivity index (χ4n) is 5.16. The van der Waals surface area contributed by atoms with E-state index in [1.165, 1.54) is 5.56 Å². The Morgan fingerprint density at radius 1 is 1.06 bits per heavy atom. The molecule has 0 spiro atoms. The first-order chi connectivity index (χ1) is 15.6. The zero-order valence-electron chi connectivity index (χ0n) is 18.5. The predicted molar refractivity (Wildman–Crippen MR) is 129 cm³/mol. The molecule has 2 aromatic carbocycles. The number of carbonyl (C=O) groups is 2. The zero-order valence-corrected chi connectivity index (χ0v) is 19.3. The fraction of sp³-hybridized carbons (Fsp3) is 0.333. The highest BCUT2D eigenvalue weighted by Crippen LogP contribution is 2.46. The van der Waals surface area contributed by atoms with Crippen LogP contribution in [0.5, 0.6) is 0 Å². The lowest BCUT2D eigenvalue weighted by Crippen LogP contribution is -2.50. The smallest absolute Gasteiger partial charge is 0.254 e. The molecule has 5 heteroatoms. The number of rotatable bonds is 4. The van der Waals surface area contributed by atoms with E-state index in [1.54, 1.807) is 11.3 Å². The molecule has 0 fully saturated rings. The van der Waals surface area contributed by atoms with Crippen molar-refractivity contribution in [2.45, 2.75) is 38.6 Å². The van der Waals surface area contributed by atoms with Gasteiger partial charge in [0.15, 0.2) is 0 Å². The third-order valence-electron chi connectivity index (χ3n) is 6.48. The van der Waals surface area contributed by atoms with E-state index in [0.29, 0.717) is 24.6 Å². The lowest BCUT2D eigenvalue weighted by atomic mass is 9.80. The minimum atomic E-state index is -0.424. The van der Waals surface area contributed by atoms with Crippen molar-refractivity contribution in [3.63, 3.8) is 0 Å². The van der Waals surface area contributed by atoms with E-state index < -0.39 is 5.92 Å². The average molecular weight is 445 g/mol. The minimum Gasteiger partial charge on any atom is -0.329 e. The van der Waals surface area contributed by atoms with E-state index in [9.17, 15) is 9.59 Å². The Hall–Kier alpha value is -2.92. The minimum absolute atomic E-state index is 0.0239. The summed E-state index contributed by atoms with van der Waals surface area (Å²) in [5.41, 5.74) is 3.74. The van der Waals surface area contributed by atoms with Crippen molar-refractivity contribution in [3.8, 4) is 0 Å². The molecular weight excluding hydrogens is 416 g/mol. The van der Waals surface area contributed by atoms with Crippen LogP contribution in [0.2, 0.25) is 0 Å². The van der Waals surface area contributed by atoms with Gasteiger partial charge in [-0.3, -0.25) is 9.59 Å².